The number of ether oxygens (including phenoxy) is 2. The van der Waals surface area contributed by atoms with Gasteiger partial charge >= 0.3 is 0 Å². The summed E-state index contributed by atoms with van der Waals surface area (Å²) < 4.78 is 10.9. The zero-order valence-electron chi connectivity index (χ0n) is 12.6. The molecule has 0 radical (unpaired) electrons. The SMILES string of the molecule is COCCc1ccc(OCC(C)CNC(C)C)cc1. The molecule has 108 valence electrons. The van der Waals surface area contributed by atoms with Crippen molar-refractivity contribution in [3.05, 3.63) is 29.8 Å². The van der Waals surface area contributed by atoms with Crippen LogP contribution in [-0.4, -0.2) is 32.9 Å². The molecule has 1 N–H and O–H groups in total. The Labute approximate surface area is 117 Å². The zero-order valence-corrected chi connectivity index (χ0v) is 12.6. The highest BCUT2D eigenvalue weighted by Crippen LogP contribution is 2.13. The van der Waals surface area contributed by atoms with Crippen molar-refractivity contribution < 1.29 is 9.47 Å². The molecule has 0 aliphatic carbocycles. The number of nitrogens with one attached hydrogen (secondary N) is 1. The molecule has 0 bridgehead atoms. The van der Waals surface area contributed by atoms with Gasteiger partial charge in [0.15, 0.2) is 0 Å². The van der Waals surface area contributed by atoms with E-state index < -0.39 is 0 Å². The first-order chi connectivity index (χ1) is 9.11. The molecule has 1 aromatic rings. The van der Waals surface area contributed by atoms with Crippen LogP contribution in [0.2, 0.25) is 0 Å². The van der Waals surface area contributed by atoms with Crippen molar-refractivity contribution in [3.8, 4) is 5.75 Å². The minimum Gasteiger partial charge on any atom is -0.493 e. The van der Waals surface area contributed by atoms with Gasteiger partial charge in [-0.15, -0.1) is 0 Å². The Morgan fingerprint density at radius 3 is 2.37 bits per heavy atom. The van der Waals surface area contributed by atoms with E-state index in [1.807, 2.05) is 12.1 Å². The average molecular weight is 265 g/mol. The molecule has 0 spiro atoms. The quantitative estimate of drug-likeness (QED) is 0.744. The first-order valence-corrected chi connectivity index (χ1v) is 7.06. The molecule has 0 saturated heterocycles. The van der Waals surface area contributed by atoms with E-state index >= 15 is 0 Å². The number of hydrogen-bond donors (Lipinski definition) is 1. The molecular formula is C16H27NO2. The standard InChI is InChI=1S/C16H27NO2/c1-13(2)17-11-14(3)12-19-16-7-5-15(6-8-16)9-10-18-4/h5-8,13-14,17H,9-12H2,1-4H3. The first kappa shape index (κ1) is 16.0. The first-order valence-electron chi connectivity index (χ1n) is 7.06. The van der Waals surface area contributed by atoms with Crippen molar-refractivity contribution in [2.75, 3.05) is 26.9 Å². The molecule has 1 aromatic carbocycles. The van der Waals surface area contributed by atoms with E-state index in [1.54, 1.807) is 7.11 Å². The van der Waals surface area contributed by atoms with Crippen molar-refractivity contribution >= 4 is 0 Å². The highest BCUT2D eigenvalue weighted by Gasteiger charge is 2.04. The summed E-state index contributed by atoms with van der Waals surface area (Å²) in [6.45, 7) is 9.01. The molecule has 3 nitrogen and oxygen atoms in total. The maximum absolute atomic E-state index is 5.79. The van der Waals surface area contributed by atoms with Crippen LogP contribution in [0.4, 0.5) is 0 Å². The van der Waals surface area contributed by atoms with Gasteiger partial charge in [-0.3, -0.25) is 0 Å². The van der Waals surface area contributed by atoms with Crippen LogP contribution in [-0.2, 0) is 11.2 Å². The fourth-order valence-corrected chi connectivity index (χ4v) is 1.71. The van der Waals surface area contributed by atoms with Crippen molar-refractivity contribution in [2.24, 2.45) is 5.92 Å². The van der Waals surface area contributed by atoms with E-state index in [1.165, 1.54) is 5.56 Å². The Hall–Kier alpha value is -1.06. The van der Waals surface area contributed by atoms with Crippen molar-refractivity contribution in [3.63, 3.8) is 0 Å². The van der Waals surface area contributed by atoms with Crippen molar-refractivity contribution in [2.45, 2.75) is 33.2 Å². The minimum absolute atomic E-state index is 0.510. The summed E-state index contributed by atoms with van der Waals surface area (Å²) in [7, 11) is 1.73. The van der Waals surface area contributed by atoms with Gasteiger partial charge < -0.3 is 14.8 Å². The zero-order chi connectivity index (χ0) is 14.1. The largest absolute Gasteiger partial charge is 0.493 e. The Kier molecular flexibility index (Phi) is 7.53. The summed E-state index contributed by atoms with van der Waals surface area (Å²) in [5.74, 6) is 1.45. The van der Waals surface area contributed by atoms with Crippen LogP contribution < -0.4 is 10.1 Å². The van der Waals surface area contributed by atoms with Gasteiger partial charge in [-0.2, -0.15) is 0 Å². The van der Waals surface area contributed by atoms with E-state index in [0.29, 0.717) is 12.0 Å². The number of benzene rings is 1. The van der Waals surface area contributed by atoms with Gasteiger partial charge in [0.2, 0.25) is 0 Å². The number of rotatable bonds is 9. The second kappa shape index (κ2) is 8.94. The van der Waals surface area contributed by atoms with Gasteiger partial charge in [-0.25, -0.2) is 0 Å². The average Bonchev–Trinajstić information content (AvgIpc) is 2.41. The van der Waals surface area contributed by atoms with Crippen LogP contribution in [0.25, 0.3) is 0 Å². The molecule has 0 aliphatic heterocycles. The van der Waals surface area contributed by atoms with Gasteiger partial charge in [-0.1, -0.05) is 32.9 Å². The third-order valence-electron chi connectivity index (χ3n) is 2.93. The van der Waals surface area contributed by atoms with Gasteiger partial charge in [0.05, 0.1) is 13.2 Å². The summed E-state index contributed by atoms with van der Waals surface area (Å²) in [5, 5.41) is 3.42. The predicted octanol–water partition coefficient (Wildman–Crippen LogP) is 2.89. The monoisotopic (exact) mass is 265 g/mol. The summed E-state index contributed by atoms with van der Waals surface area (Å²) in [6, 6.07) is 8.81. The Morgan fingerprint density at radius 2 is 1.79 bits per heavy atom. The molecule has 1 rings (SSSR count). The molecule has 0 fully saturated rings. The Bertz CT molecular complexity index is 335. The second-order valence-corrected chi connectivity index (χ2v) is 5.37. The predicted molar refractivity (Wildman–Crippen MR) is 79.8 cm³/mol. The summed E-state index contributed by atoms with van der Waals surface area (Å²) in [4.78, 5) is 0. The normalized spacial score (nSPS) is 12.7. The van der Waals surface area contributed by atoms with Gasteiger partial charge in [0, 0.05) is 25.6 Å². The molecule has 0 saturated carbocycles. The van der Waals surface area contributed by atoms with Crippen molar-refractivity contribution in [1.82, 2.24) is 5.32 Å². The number of hydrogen-bond acceptors (Lipinski definition) is 3. The maximum Gasteiger partial charge on any atom is 0.119 e. The van der Waals surface area contributed by atoms with Gasteiger partial charge in [0.25, 0.3) is 0 Å². The lowest BCUT2D eigenvalue weighted by Crippen LogP contribution is -2.30. The van der Waals surface area contributed by atoms with Crippen LogP contribution in [0.5, 0.6) is 5.75 Å². The third kappa shape index (κ3) is 7.19. The van der Waals surface area contributed by atoms with Crippen LogP contribution in [0.3, 0.4) is 0 Å². The molecule has 1 atom stereocenters. The van der Waals surface area contributed by atoms with Crippen LogP contribution in [0.1, 0.15) is 26.3 Å². The molecular weight excluding hydrogens is 238 g/mol. The van der Waals surface area contributed by atoms with Gasteiger partial charge in [0.1, 0.15) is 5.75 Å². The molecule has 0 aromatic heterocycles. The van der Waals surface area contributed by atoms with E-state index in [0.717, 1.165) is 31.9 Å². The van der Waals surface area contributed by atoms with E-state index in [9.17, 15) is 0 Å². The summed E-state index contributed by atoms with van der Waals surface area (Å²) in [6.07, 6.45) is 0.950. The third-order valence-corrected chi connectivity index (χ3v) is 2.93. The lowest BCUT2D eigenvalue weighted by molar-refractivity contribution is 0.202. The lowest BCUT2D eigenvalue weighted by atomic mass is 10.1. The Balaban J connectivity index is 2.29. The molecule has 1 unspecified atom stereocenters. The highest BCUT2D eigenvalue weighted by molar-refractivity contribution is 5.27. The van der Waals surface area contributed by atoms with Crippen LogP contribution in [0.15, 0.2) is 24.3 Å². The van der Waals surface area contributed by atoms with E-state index in [-0.39, 0.29) is 0 Å². The van der Waals surface area contributed by atoms with Crippen molar-refractivity contribution in [1.29, 1.82) is 0 Å². The van der Waals surface area contributed by atoms with Crippen LogP contribution in [0, 0.1) is 5.92 Å². The fourth-order valence-electron chi connectivity index (χ4n) is 1.71. The Morgan fingerprint density at radius 1 is 1.11 bits per heavy atom. The molecule has 3 heteroatoms. The highest BCUT2D eigenvalue weighted by atomic mass is 16.5. The van der Waals surface area contributed by atoms with E-state index in [2.05, 4.69) is 38.2 Å². The molecule has 19 heavy (non-hydrogen) atoms. The molecule has 0 heterocycles. The number of methoxy groups -OCH3 is 1. The second-order valence-electron chi connectivity index (χ2n) is 5.37. The van der Waals surface area contributed by atoms with Gasteiger partial charge in [-0.05, 0) is 24.1 Å². The summed E-state index contributed by atoms with van der Waals surface area (Å²) in [5.41, 5.74) is 1.28. The van der Waals surface area contributed by atoms with E-state index in [4.69, 9.17) is 9.47 Å². The minimum atomic E-state index is 0.510. The van der Waals surface area contributed by atoms with Crippen LogP contribution >= 0.6 is 0 Å². The fraction of sp³-hybridized carbons (Fsp3) is 0.625. The topological polar surface area (TPSA) is 30.5 Å². The lowest BCUT2D eigenvalue weighted by Gasteiger charge is -2.16. The smallest absolute Gasteiger partial charge is 0.119 e. The molecule has 0 aliphatic rings. The molecule has 0 amide bonds. The summed E-state index contributed by atoms with van der Waals surface area (Å²) >= 11 is 0. The maximum atomic E-state index is 5.79.